The van der Waals surface area contributed by atoms with Crippen molar-refractivity contribution in [2.24, 2.45) is 0 Å². The molecule has 0 fully saturated rings. The lowest BCUT2D eigenvalue weighted by Gasteiger charge is -2.06. The maximum absolute atomic E-state index is 12.3. The van der Waals surface area contributed by atoms with E-state index in [2.05, 4.69) is 21.0 Å². The molecule has 0 saturated carbocycles. The van der Waals surface area contributed by atoms with Crippen molar-refractivity contribution in [1.29, 1.82) is 0 Å². The van der Waals surface area contributed by atoms with Gasteiger partial charge >= 0.3 is 0 Å². The molecule has 0 unspecified atom stereocenters. The molecule has 96 valence electrons. The second-order valence-electron chi connectivity index (χ2n) is 4.07. The highest BCUT2D eigenvalue weighted by molar-refractivity contribution is 9.10. The van der Waals surface area contributed by atoms with E-state index in [1.54, 1.807) is 26.0 Å². The Bertz CT molecular complexity index is 663. The summed E-state index contributed by atoms with van der Waals surface area (Å²) in [5.41, 5.74) is 2.02. The number of nitrogens with zero attached hydrogens (tertiary/aromatic N) is 2. The molecule has 2 aromatic rings. The minimum absolute atomic E-state index is 0.0533. The van der Waals surface area contributed by atoms with Gasteiger partial charge in [0.15, 0.2) is 0 Å². The lowest BCUT2D eigenvalue weighted by molar-refractivity contribution is 0.577. The van der Waals surface area contributed by atoms with Crippen molar-refractivity contribution < 1.29 is 8.42 Å². The van der Waals surface area contributed by atoms with Crippen LogP contribution in [0, 0.1) is 13.8 Å². The lowest BCUT2D eigenvalue weighted by atomic mass is 10.2. The Morgan fingerprint density at radius 1 is 1.22 bits per heavy atom. The molecule has 6 heteroatoms. The van der Waals surface area contributed by atoms with Crippen molar-refractivity contribution in [2.75, 3.05) is 0 Å². The number of benzene rings is 1. The van der Waals surface area contributed by atoms with E-state index in [1.165, 1.54) is 0 Å². The molecule has 0 spiro atoms. The Morgan fingerprint density at radius 3 is 2.33 bits per heavy atom. The third-order valence-corrected chi connectivity index (χ3v) is 5.35. The summed E-state index contributed by atoms with van der Waals surface area (Å²) in [7, 11) is -3.47. The molecule has 0 saturated heterocycles. The summed E-state index contributed by atoms with van der Waals surface area (Å²) in [4.78, 5) is 0. The zero-order valence-electron chi connectivity index (χ0n) is 10.1. The minimum Gasteiger partial charge on any atom is -0.204 e. The Kier molecular flexibility index (Phi) is 3.59. The number of rotatable bonds is 3. The molecule has 0 aliphatic heterocycles. The fourth-order valence-corrected chi connectivity index (χ4v) is 3.57. The summed E-state index contributed by atoms with van der Waals surface area (Å²) in [5, 5.41) is 4.06. The molecular formula is C12H13BrN2O2S. The Hall–Kier alpha value is -1.14. The number of aryl methyl sites for hydroxylation is 1. The van der Waals surface area contributed by atoms with Gasteiger partial charge in [0.25, 0.3) is 10.0 Å². The van der Waals surface area contributed by atoms with Gasteiger partial charge in [-0.1, -0.05) is 30.3 Å². The molecule has 1 heterocycles. The zero-order chi connectivity index (χ0) is 13.3. The highest BCUT2D eigenvalue weighted by Gasteiger charge is 2.20. The molecule has 4 nitrogen and oxygen atoms in total. The highest BCUT2D eigenvalue weighted by Crippen LogP contribution is 2.22. The van der Waals surface area contributed by atoms with E-state index in [0.29, 0.717) is 11.4 Å². The fourth-order valence-electron chi connectivity index (χ4n) is 1.72. The average Bonchev–Trinajstić information content (AvgIpc) is 2.58. The Balaban J connectivity index is 2.40. The lowest BCUT2D eigenvalue weighted by Crippen LogP contribution is -2.18. The van der Waals surface area contributed by atoms with Crippen LogP contribution in [-0.2, 0) is 15.8 Å². The van der Waals surface area contributed by atoms with Crippen molar-refractivity contribution in [3.8, 4) is 0 Å². The fraction of sp³-hybridized carbons (Fsp3) is 0.250. The van der Waals surface area contributed by atoms with Crippen LogP contribution >= 0.6 is 15.9 Å². The quantitative estimate of drug-likeness (QED) is 0.870. The summed E-state index contributed by atoms with van der Waals surface area (Å²) in [5.74, 6) is -0.0533. The molecule has 0 aliphatic rings. The second-order valence-corrected chi connectivity index (χ2v) is 6.66. The predicted molar refractivity (Wildman–Crippen MR) is 73.9 cm³/mol. The minimum atomic E-state index is -3.47. The van der Waals surface area contributed by atoms with E-state index in [0.717, 1.165) is 14.1 Å². The Labute approximate surface area is 115 Å². The summed E-state index contributed by atoms with van der Waals surface area (Å²) < 4.78 is 26.4. The van der Waals surface area contributed by atoms with Crippen molar-refractivity contribution in [2.45, 2.75) is 19.6 Å². The van der Waals surface area contributed by atoms with E-state index in [-0.39, 0.29) is 5.75 Å². The highest BCUT2D eigenvalue weighted by atomic mass is 79.9. The van der Waals surface area contributed by atoms with Crippen LogP contribution in [0.4, 0.5) is 0 Å². The van der Waals surface area contributed by atoms with E-state index in [1.807, 2.05) is 18.2 Å². The molecule has 0 aliphatic carbocycles. The van der Waals surface area contributed by atoms with Gasteiger partial charge < -0.3 is 0 Å². The van der Waals surface area contributed by atoms with Crippen LogP contribution in [0.3, 0.4) is 0 Å². The summed E-state index contributed by atoms with van der Waals surface area (Å²) >= 11 is 3.33. The van der Waals surface area contributed by atoms with Crippen LogP contribution in [0.25, 0.3) is 0 Å². The van der Waals surface area contributed by atoms with Gasteiger partial charge in [0.2, 0.25) is 0 Å². The largest absolute Gasteiger partial charge is 0.258 e. The average molecular weight is 329 g/mol. The standard InChI is InChI=1S/C12H13BrN2O2S/c1-9-12(13)10(2)15(14-9)18(16,17)8-11-6-4-3-5-7-11/h3-7H,8H2,1-2H3. The van der Waals surface area contributed by atoms with Crippen molar-refractivity contribution >= 4 is 26.0 Å². The van der Waals surface area contributed by atoms with Gasteiger partial charge in [0, 0.05) is 0 Å². The van der Waals surface area contributed by atoms with E-state index >= 15 is 0 Å². The molecule has 0 bridgehead atoms. The van der Waals surface area contributed by atoms with Gasteiger partial charge in [0.05, 0.1) is 21.6 Å². The topological polar surface area (TPSA) is 52.0 Å². The molecule has 0 N–H and O–H groups in total. The van der Waals surface area contributed by atoms with Crippen molar-refractivity contribution in [1.82, 2.24) is 9.19 Å². The molecule has 1 aromatic carbocycles. The van der Waals surface area contributed by atoms with E-state index in [9.17, 15) is 8.42 Å². The number of hydrogen-bond donors (Lipinski definition) is 0. The number of halogens is 1. The summed E-state index contributed by atoms with van der Waals surface area (Å²) in [6, 6.07) is 9.08. The van der Waals surface area contributed by atoms with Crippen molar-refractivity contribution in [3.63, 3.8) is 0 Å². The van der Waals surface area contributed by atoms with Gasteiger partial charge in [-0.2, -0.15) is 9.19 Å². The van der Waals surface area contributed by atoms with Gasteiger partial charge in [-0.15, -0.1) is 0 Å². The maximum atomic E-state index is 12.3. The first-order valence-corrected chi connectivity index (χ1v) is 7.81. The number of aromatic nitrogens is 2. The van der Waals surface area contributed by atoms with Gasteiger partial charge in [-0.25, -0.2) is 8.42 Å². The molecule has 0 radical (unpaired) electrons. The van der Waals surface area contributed by atoms with Crippen LogP contribution in [0.15, 0.2) is 34.8 Å². The summed E-state index contributed by atoms with van der Waals surface area (Å²) in [6.45, 7) is 3.50. The smallest absolute Gasteiger partial charge is 0.204 e. The third kappa shape index (κ3) is 2.49. The monoisotopic (exact) mass is 328 g/mol. The summed E-state index contributed by atoms with van der Waals surface area (Å²) in [6.07, 6.45) is 0. The zero-order valence-corrected chi connectivity index (χ0v) is 12.5. The molecular weight excluding hydrogens is 316 g/mol. The van der Waals surface area contributed by atoms with Gasteiger partial charge in [-0.05, 0) is 35.3 Å². The van der Waals surface area contributed by atoms with E-state index in [4.69, 9.17) is 0 Å². The first-order chi connectivity index (χ1) is 8.42. The molecule has 1 aromatic heterocycles. The molecule has 0 atom stereocenters. The SMILES string of the molecule is Cc1nn(S(=O)(=O)Cc2ccccc2)c(C)c1Br. The molecule has 0 amide bonds. The van der Waals surface area contributed by atoms with Crippen LogP contribution in [-0.4, -0.2) is 17.6 Å². The van der Waals surface area contributed by atoms with Gasteiger partial charge in [-0.3, -0.25) is 0 Å². The Morgan fingerprint density at radius 2 is 1.83 bits per heavy atom. The van der Waals surface area contributed by atoms with Gasteiger partial charge in [0.1, 0.15) is 0 Å². The second kappa shape index (κ2) is 4.85. The first kappa shape index (κ1) is 13.3. The van der Waals surface area contributed by atoms with Crippen LogP contribution in [0.1, 0.15) is 17.0 Å². The van der Waals surface area contributed by atoms with E-state index < -0.39 is 10.0 Å². The van der Waals surface area contributed by atoms with Crippen LogP contribution < -0.4 is 0 Å². The molecule has 2 rings (SSSR count). The van der Waals surface area contributed by atoms with Crippen LogP contribution in [0.2, 0.25) is 0 Å². The predicted octanol–water partition coefficient (Wildman–Crippen LogP) is 2.64. The third-order valence-electron chi connectivity index (χ3n) is 2.62. The maximum Gasteiger partial charge on any atom is 0.258 e. The normalized spacial score (nSPS) is 11.7. The molecule has 18 heavy (non-hydrogen) atoms. The van der Waals surface area contributed by atoms with Crippen molar-refractivity contribution in [3.05, 3.63) is 51.8 Å². The number of hydrogen-bond acceptors (Lipinski definition) is 3. The van der Waals surface area contributed by atoms with Crippen LogP contribution in [0.5, 0.6) is 0 Å². The first-order valence-electron chi connectivity index (χ1n) is 5.41.